The van der Waals surface area contributed by atoms with Crippen molar-refractivity contribution >= 4 is 17.9 Å². The maximum absolute atomic E-state index is 11.6. The van der Waals surface area contributed by atoms with Gasteiger partial charge in [-0.3, -0.25) is 10.1 Å². The van der Waals surface area contributed by atoms with E-state index >= 15 is 0 Å². The Labute approximate surface area is 115 Å². The zero-order valence-corrected chi connectivity index (χ0v) is 11.2. The average Bonchev–Trinajstić information content (AvgIpc) is 2.39. The van der Waals surface area contributed by atoms with Crippen LogP contribution in [0.5, 0.6) is 5.75 Å². The van der Waals surface area contributed by atoms with Crippen LogP contribution in [0.25, 0.3) is 0 Å². The molecule has 0 fully saturated rings. The molecule has 0 saturated heterocycles. The molecule has 0 aliphatic heterocycles. The van der Waals surface area contributed by atoms with Crippen LogP contribution in [0.4, 0.5) is 4.79 Å². The maximum Gasteiger partial charge on any atom is 0.335 e. The first-order valence-corrected chi connectivity index (χ1v) is 6.02. The van der Waals surface area contributed by atoms with Crippen LogP contribution in [0.3, 0.4) is 0 Å². The van der Waals surface area contributed by atoms with E-state index in [2.05, 4.69) is 10.6 Å². The summed E-state index contributed by atoms with van der Waals surface area (Å²) in [7, 11) is 0. The van der Waals surface area contributed by atoms with Gasteiger partial charge in [-0.2, -0.15) is 0 Å². The van der Waals surface area contributed by atoms with E-state index in [1.807, 2.05) is 0 Å². The van der Waals surface area contributed by atoms with E-state index in [-0.39, 0.29) is 11.3 Å². The Morgan fingerprint density at radius 2 is 2.05 bits per heavy atom. The number of rotatable bonds is 5. The number of hydrogen-bond donors (Lipinski definition) is 3. The molecule has 0 aromatic heterocycles. The van der Waals surface area contributed by atoms with Crippen molar-refractivity contribution in [3.05, 3.63) is 29.8 Å². The Morgan fingerprint density at radius 1 is 1.35 bits per heavy atom. The molecule has 7 nitrogen and oxygen atoms in total. The van der Waals surface area contributed by atoms with Gasteiger partial charge in [0.1, 0.15) is 5.75 Å². The van der Waals surface area contributed by atoms with Crippen molar-refractivity contribution < 1.29 is 24.2 Å². The smallest absolute Gasteiger partial charge is 0.335 e. The van der Waals surface area contributed by atoms with Crippen molar-refractivity contribution in [2.45, 2.75) is 20.0 Å². The normalized spacial score (nSPS) is 11.3. The molecule has 3 amide bonds. The third-order valence-corrected chi connectivity index (χ3v) is 2.34. The first-order valence-electron chi connectivity index (χ1n) is 6.02. The summed E-state index contributed by atoms with van der Waals surface area (Å²) in [5, 5.41) is 13.4. The molecule has 1 atom stereocenters. The Morgan fingerprint density at radius 3 is 2.65 bits per heavy atom. The van der Waals surface area contributed by atoms with Crippen molar-refractivity contribution in [2.24, 2.45) is 0 Å². The lowest BCUT2D eigenvalue weighted by Crippen LogP contribution is -2.45. The van der Waals surface area contributed by atoms with Gasteiger partial charge in [0.2, 0.25) is 0 Å². The minimum absolute atomic E-state index is 0.0545. The quantitative estimate of drug-likeness (QED) is 0.746. The lowest BCUT2D eigenvalue weighted by molar-refractivity contribution is -0.126. The number of carboxylic acid groups (broad SMARTS) is 1. The molecule has 3 N–H and O–H groups in total. The summed E-state index contributed by atoms with van der Waals surface area (Å²) in [6.45, 7) is 3.58. The van der Waals surface area contributed by atoms with Gasteiger partial charge in [-0.25, -0.2) is 9.59 Å². The van der Waals surface area contributed by atoms with Gasteiger partial charge < -0.3 is 15.2 Å². The number of nitrogens with one attached hydrogen (secondary N) is 2. The molecule has 1 aromatic carbocycles. The monoisotopic (exact) mass is 280 g/mol. The molecule has 108 valence electrons. The van der Waals surface area contributed by atoms with E-state index in [0.29, 0.717) is 6.54 Å². The highest BCUT2D eigenvalue weighted by Crippen LogP contribution is 2.15. The van der Waals surface area contributed by atoms with E-state index in [9.17, 15) is 14.4 Å². The molecule has 0 radical (unpaired) electrons. The Kier molecular flexibility index (Phi) is 5.52. The fraction of sp³-hybridized carbons (Fsp3) is 0.308. The summed E-state index contributed by atoms with van der Waals surface area (Å²) >= 11 is 0. The molecule has 1 unspecified atom stereocenters. The van der Waals surface area contributed by atoms with Gasteiger partial charge in [0.05, 0.1) is 5.56 Å². The second kappa shape index (κ2) is 7.13. The van der Waals surface area contributed by atoms with E-state index < -0.39 is 24.0 Å². The van der Waals surface area contributed by atoms with Crippen LogP contribution in [0, 0.1) is 0 Å². The van der Waals surface area contributed by atoms with Crippen molar-refractivity contribution in [1.82, 2.24) is 10.6 Å². The van der Waals surface area contributed by atoms with Crippen LogP contribution < -0.4 is 15.4 Å². The zero-order valence-electron chi connectivity index (χ0n) is 11.2. The fourth-order valence-corrected chi connectivity index (χ4v) is 1.38. The molecule has 1 aromatic rings. The summed E-state index contributed by atoms with van der Waals surface area (Å²) in [6, 6.07) is 5.15. The number of amides is 3. The highest BCUT2D eigenvalue weighted by atomic mass is 16.5. The van der Waals surface area contributed by atoms with Crippen LogP contribution in [0.15, 0.2) is 24.3 Å². The van der Waals surface area contributed by atoms with E-state index in [1.165, 1.54) is 31.2 Å². The standard InChI is InChI=1S/C13H16N2O5/c1-3-14-13(19)15-11(16)8(2)20-10-6-4-5-9(7-10)12(17)18/h4-8H,3H2,1-2H3,(H,17,18)(H2,14,15,16,19). The number of carbonyl (C=O) groups is 3. The molecule has 0 spiro atoms. The molecule has 0 heterocycles. The average molecular weight is 280 g/mol. The predicted octanol–water partition coefficient (Wildman–Crippen LogP) is 0.998. The summed E-state index contributed by atoms with van der Waals surface area (Å²) in [4.78, 5) is 33.6. The second-order valence-corrected chi connectivity index (χ2v) is 3.94. The third kappa shape index (κ3) is 4.60. The minimum atomic E-state index is -1.09. The summed E-state index contributed by atoms with van der Waals surface area (Å²) in [5.74, 6) is -1.46. The molecule has 1 rings (SSSR count). The van der Waals surface area contributed by atoms with Crippen LogP contribution in [-0.4, -0.2) is 35.7 Å². The first-order chi connectivity index (χ1) is 9.43. The van der Waals surface area contributed by atoms with Crippen molar-refractivity contribution in [3.63, 3.8) is 0 Å². The Balaban J connectivity index is 2.63. The molecule has 0 bridgehead atoms. The van der Waals surface area contributed by atoms with Gasteiger partial charge in [-0.1, -0.05) is 6.07 Å². The van der Waals surface area contributed by atoms with Crippen LogP contribution in [0.1, 0.15) is 24.2 Å². The second-order valence-electron chi connectivity index (χ2n) is 3.94. The highest BCUT2D eigenvalue weighted by molar-refractivity contribution is 5.96. The van der Waals surface area contributed by atoms with Crippen molar-refractivity contribution in [3.8, 4) is 5.75 Å². The van der Waals surface area contributed by atoms with Crippen molar-refractivity contribution in [2.75, 3.05) is 6.54 Å². The summed E-state index contributed by atoms with van der Waals surface area (Å²) in [5.41, 5.74) is 0.0545. The molecule has 0 aliphatic rings. The number of benzene rings is 1. The number of imide groups is 1. The van der Waals surface area contributed by atoms with Gasteiger partial charge >= 0.3 is 12.0 Å². The number of ether oxygens (including phenoxy) is 1. The van der Waals surface area contributed by atoms with Gasteiger partial charge in [-0.05, 0) is 32.0 Å². The molecule has 0 saturated carbocycles. The molecule has 7 heteroatoms. The largest absolute Gasteiger partial charge is 0.481 e. The molecular formula is C13H16N2O5. The molecular weight excluding hydrogens is 264 g/mol. The topological polar surface area (TPSA) is 105 Å². The van der Waals surface area contributed by atoms with Crippen LogP contribution in [0.2, 0.25) is 0 Å². The third-order valence-electron chi connectivity index (χ3n) is 2.34. The van der Waals surface area contributed by atoms with E-state index in [1.54, 1.807) is 6.92 Å². The van der Waals surface area contributed by atoms with Crippen LogP contribution in [-0.2, 0) is 4.79 Å². The minimum Gasteiger partial charge on any atom is -0.481 e. The summed E-state index contributed by atoms with van der Waals surface area (Å²) < 4.78 is 5.29. The number of hydrogen-bond acceptors (Lipinski definition) is 4. The Hall–Kier alpha value is -2.57. The predicted molar refractivity (Wildman–Crippen MR) is 70.7 cm³/mol. The van der Waals surface area contributed by atoms with Gasteiger partial charge in [0.15, 0.2) is 6.10 Å². The number of carbonyl (C=O) groups excluding carboxylic acids is 2. The zero-order chi connectivity index (χ0) is 15.1. The van der Waals surface area contributed by atoms with E-state index in [0.717, 1.165) is 0 Å². The van der Waals surface area contributed by atoms with Gasteiger partial charge in [-0.15, -0.1) is 0 Å². The van der Waals surface area contributed by atoms with Gasteiger partial charge in [0.25, 0.3) is 5.91 Å². The Bertz CT molecular complexity index is 515. The lowest BCUT2D eigenvalue weighted by atomic mass is 10.2. The lowest BCUT2D eigenvalue weighted by Gasteiger charge is -2.14. The first kappa shape index (κ1) is 15.5. The number of urea groups is 1. The molecule has 0 aliphatic carbocycles. The fourth-order valence-electron chi connectivity index (χ4n) is 1.38. The van der Waals surface area contributed by atoms with E-state index in [4.69, 9.17) is 9.84 Å². The highest BCUT2D eigenvalue weighted by Gasteiger charge is 2.17. The maximum atomic E-state index is 11.6. The SMILES string of the molecule is CCNC(=O)NC(=O)C(C)Oc1cccc(C(=O)O)c1. The summed E-state index contributed by atoms with van der Waals surface area (Å²) in [6.07, 6.45) is -0.929. The number of carboxylic acids is 1. The number of aromatic carboxylic acids is 1. The van der Waals surface area contributed by atoms with Crippen LogP contribution >= 0.6 is 0 Å². The van der Waals surface area contributed by atoms with Gasteiger partial charge in [0, 0.05) is 6.54 Å². The molecule has 20 heavy (non-hydrogen) atoms. The van der Waals surface area contributed by atoms with Crippen molar-refractivity contribution in [1.29, 1.82) is 0 Å².